The summed E-state index contributed by atoms with van der Waals surface area (Å²) in [6.07, 6.45) is 2.29. The number of carbonyl (C=O) groups excluding carboxylic acids is 2. The summed E-state index contributed by atoms with van der Waals surface area (Å²) < 4.78 is 13.0. The van der Waals surface area contributed by atoms with E-state index in [-0.39, 0.29) is 30.1 Å². The summed E-state index contributed by atoms with van der Waals surface area (Å²) in [6, 6.07) is 8.26. The van der Waals surface area contributed by atoms with E-state index in [1.165, 1.54) is 23.5 Å². The number of hydrogen-bond acceptors (Lipinski definition) is 3. The molecule has 0 saturated heterocycles. The molecule has 0 radical (unpaired) electrons. The van der Waals surface area contributed by atoms with E-state index >= 15 is 0 Å². The van der Waals surface area contributed by atoms with Crippen LogP contribution in [0.5, 0.6) is 0 Å². The van der Waals surface area contributed by atoms with Crippen LogP contribution in [0.1, 0.15) is 35.2 Å². The highest BCUT2D eigenvalue weighted by Gasteiger charge is 2.32. The first-order valence-electron chi connectivity index (χ1n) is 7.98. The Labute approximate surface area is 144 Å². The molecular weight excluding hydrogens is 327 g/mol. The van der Waals surface area contributed by atoms with Gasteiger partial charge in [0, 0.05) is 36.5 Å². The topological polar surface area (TPSA) is 49.4 Å². The van der Waals surface area contributed by atoms with Crippen molar-refractivity contribution in [1.29, 1.82) is 0 Å². The molecule has 2 amide bonds. The molecule has 3 rings (SSSR count). The number of rotatable bonds is 7. The molecule has 1 heterocycles. The second kappa shape index (κ2) is 7.57. The minimum Gasteiger partial charge on any atom is -0.351 e. The highest BCUT2D eigenvalue weighted by Crippen LogP contribution is 2.29. The molecule has 0 unspecified atom stereocenters. The average molecular weight is 346 g/mol. The van der Waals surface area contributed by atoms with Crippen molar-refractivity contribution in [2.75, 3.05) is 6.54 Å². The average Bonchev–Trinajstić information content (AvgIpc) is 3.26. The van der Waals surface area contributed by atoms with Gasteiger partial charge in [0.25, 0.3) is 5.91 Å². The first kappa shape index (κ1) is 16.6. The minimum atomic E-state index is -0.279. The standard InChI is InChI=1S/C18H19FN2O2S/c19-15-3-1-13(2-4-15)11-21(16-5-6-16)17(22)7-9-20-18(23)14-8-10-24-12-14/h1-4,8,10,12,16H,5-7,9,11H2,(H,20,23). The maximum atomic E-state index is 13.0. The Morgan fingerprint density at radius 1 is 1.21 bits per heavy atom. The van der Waals surface area contributed by atoms with E-state index in [0.29, 0.717) is 18.7 Å². The fraction of sp³-hybridized carbons (Fsp3) is 0.333. The molecule has 1 aromatic heterocycles. The maximum Gasteiger partial charge on any atom is 0.252 e. The second-order valence-electron chi connectivity index (χ2n) is 5.90. The van der Waals surface area contributed by atoms with Crippen molar-refractivity contribution in [3.05, 3.63) is 58.0 Å². The van der Waals surface area contributed by atoms with Crippen molar-refractivity contribution in [1.82, 2.24) is 10.2 Å². The third kappa shape index (κ3) is 4.41. The minimum absolute atomic E-state index is 0.0208. The van der Waals surface area contributed by atoms with Crippen LogP contribution in [-0.4, -0.2) is 29.3 Å². The Kier molecular flexibility index (Phi) is 5.25. The van der Waals surface area contributed by atoms with E-state index in [2.05, 4.69) is 5.32 Å². The summed E-state index contributed by atoms with van der Waals surface area (Å²) in [6.45, 7) is 0.808. The molecule has 6 heteroatoms. The van der Waals surface area contributed by atoms with Gasteiger partial charge in [-0.05, 0) is 42.0 Å². The Bertz CT molecular complexity index is 696. The zero-order chi connectivity index (χ0) is 16.9. The van der Waals surface area contributed by atoms with E-state index in [9.17, 15) is 14.0 Å². The smallest absolute Gasteiger partial charge is 0.252 e. The molecule has 0 spiro atoms. The van der Waals surface area contributed by atoms with E-state index in [1.807, 2.05) is 10.3 Å². The van der Waals surface area contributed by atoms with Crippen LogP contribution < -0.4 is 5.32 Å². The molecule has 1 fully saturated rings. The fourth-order valence-corrected chi connectivity index (χ4v) is 3.15. The summed E-state index contributed by atoms with van der Waals surface area (Å²) in [7, 11) is 0. The lowest BCUT2D eigenvalue weighted by atomic mass is 10.2. The summed E-state index contributed by atoms with van der Waals surface area (Å²) in [4.78, 5) is 26.2. The van der Waals surface area contributed by atoms with Gasteiger partial charge in [-0.25, -0.2) is 4.39 Å². The lowest BCUT2D eigenvalue weighted by Gasteiger charge is -2.22. The molecule has 0 bridgehead atoms. The zero-order valence-electron chi connectivity index (χ0n) is 13.2. The Morgan fingerprint density at radius 2 is 1.96 bits per heavy atom. The SMILES string of the molecule is O=C(NCCC(=O)N(Cc1ccc(F)cc1)C1CC1)c1ccsc1. The predicted molar refractivity (Wildman–Crippen MR) is 91.2 cm³/mol. The Morgan fingerprint density at radius 3 is 2.58 bits per heavy atom. The number of carbonyl (C=O) groups is 2. The Balaban J connectivity index is 1.51. The number of benzene rings is 1. The zero-order valence-corrected chi connectivity index (χ0v) is 14.0. The second-order valence-corrected chi connectivity index (χ2v) is 6.68. The molecule has 0 atom stereocenters. The van der Waals surface area contributed by atoms with Gasteiger partial charge in [-0.3, -0.25) is 9.59 Å². The molecule has 4 nitrogen and oxygen atoms in total. The van der Waals surface area contributed by atoms with Gasteiger partial charge in [0.05, 0.1) is 0 Å². The van der Waals surface area contributed by atoms with Crippen LogP contribution >= 0.6 is 11.3 Å². The van der Waals surface area contributed by atoms with Crippen molar-refractivity contribution >= 4 is 23.2 Å². The number of hydrogen-bond donors (Lipinski definition) is 1. The molecule has 126 valence electrons. The van der Waals surface area contributed by atoms with Crippen LogP contribution in [0.2, 0.25) is 0 Å². The monoisotopic (exact) mass is 346 g/mol. The summed E-state index contributed by atoms with van der Waals surface area (Å²) >= 11 is 1.46. The normalized spacial score (nSPS) is 13.5. The van der Waals surface area contributed by atoms with Gasteiger partial charge < -0.3 is 10.2 Å². The molecule has 24 heavy (non-hydrogen) atoms. The summed E-state index contributed by atoms with van der Waals surface area (Å²) in [5.41, 5.74) is 1.54. The van der Waals surface area contributed by atoms with E-state index < -0.39 is 0 Å². The molecule has 1 aliphatic rings. The van der Waals surface area contributed by atoms with Crippen LogP contribution in [0.4, 0.5) is 4.39 Å². The van der Waals surface area contributed by atoms with Gasteiger partial charge in [0.1, 0.15) is 5.82 Å². The van der Waals surface area contributed by atoms with Crippen LogP contribution in [0, 0.1) is 5.82 Å². The van der Waals surface area contributed by atoms with Crippen LogP contribution in [0.25, 0.3) is 0 Å². The van der Waals surface area contributed by atoms with E-state index in [4.69, 9.17) is 0 Å². The molecule has 2 aromatic rings. The summed E-state index contributed by atoms with van der Waals surface area (Å²) in [5, 5.41) is 6.40. The van der Waals surface area contributed by atoms with Crippen molar-refractivity contribution in [2.45, 2.75) is 31.8 Å². The van der Waals surface area contributed by atoms with Gasteiger partial charge >= 0.3 is 0 Å². The van der Waals surface area contributed by atoms with Crippen LogP contribution in [0.15, 0.2) is 41.1 Å². The van der Waals surface area contributed by atoms with E-state index in [0.717, 1.165) is 18.4 Å². The van der Waals surface area contributed by atoms with Crippen molar-refractivity contribution in [2.24, 2.45) is 0 Å². The maximum absolute atomic E-state index is 13.0. The molecule has 1 aliphatic carbocycles. The number of thiophene rings is 1. The quantitative estimate of drug-likeness (QED) is 0.837. The first-order chi connectivity index (χ1) is 11.6. The number of nitrogens with one attached hydrogen (secondary N) is 1. The van der Waals surface area contributed by atoms with Crippen molar-refractivity contribution in [3.63, 3.8) is 0 Å². The van der Waals surface area contributed by atoms with E-state index in [1.54, 1.807) is 23.6 Å². The van der Waals surface area contributed by atoms with Gasteiger partial charge in [-0.15, -0.1) is 0 Å². The third-order valence-corrected chi connectivity index (χ3v) is 4.67. The number of nitrogens with zero attached hydrogens (tertiary/aromatic N) is 1. The molecule has 0 aliphatic heterocycles. The highest BCUT2D eigenvalue weighted by atomic mass is 32.1. The molecule has 1 aromatic carbocycles. The van der Waals surface area contributed by atoms with Crippen LogP contribution in [0.3, 0.4) is 0 Å². The number of halogens is 1. The highest BCUT2D eigenvalue weighted by molar-refractivity contribution is 7.08. The fourth-order valence-electron chi connectivity index (χ4n) is 2.52. The van der Waals surface area contributed by atoms with Crippen LogP contribution in [-0.2, 0) is 11.3 Å². The summed E-state index contributed by atoms with van der Waals surface area (Å²) in [5.74, 6) is -0.410. The van der Waals surface area contributed by atoms with Gasteiger partial charge in [-0.2, -0.15) is 11.3 Å². The van der Waals surface area contributed by atoms with Crippen molar-refractivity contribution < 1.29 is 14.0 Å². The largest absolute Gasteiger partial charge is 0.351 e. The predicted octanol–water partition coefficient (Wildman–Crippen LogP) is 3.20. The lowest BCUT2D eigenvalue weighted by molar-refractivity contribution is -0.132. The van der Waals surface area contributed by atoms with Crippen molar-refractivity contribution in [3.8, 4) is 0 Å². The molecule has 1 saturated carbocycles. The van der Waals surface area contributed by atoms with Gasteiger partial charge in [-0.1, -0.05) is 12.1 Å². The van der Waals surface area contributed by atoms with Gasteiger partial charge in [0.15, 0.2) is 0 Å². The first-order valence-corrected chi connectivity index (χ1v) is 8.92. The number of amides is 2. The third-order valence-electron chi connectivity index (χ3n) is 3.98. The lowest BCUT2D eigenvalue weighted by Crippen LogP contribution is -2.35. The Hall–Kier alpha value is -2.21. The van der Waals surface area contributed by atoms with Gasteiger partial charge in [0.2, 0.25) is 5.91 Å². The molecular formula is C18H19FN2O2S. The molecule has 1 N–H and O–H groups in total.